The molecule has 0 atom stereocenters. The molecule has 5 heteroatoms. The molecule has 1 aliphatic heterocycles. The van der Waals surface area contributed by atoms with E-state index < -0.39 is 0 Å². The zero-order valence-corrected chi connectivity index (χ0v) is 19.2. The van der Waals surface area contributed by atoms with E-state index >= 15 is 0 Å². The van der Waals surface area contributed by atoms with Crippen molar-refractivity contribution in [2.45, 2.75) is 28.2 Å². The molecule has 3 rings (SSSR count). The van der Waals surface area contributed by atoms with Crippen LogP contribution in [0.4, 0.5) is 0 Å². The fourth-order valence-electron chi connectivity index (χ4n) is 2.24. The average molecular weight is 631 g/mol. The average Bonchev–Trinajstić information content (AvgIpc) is 3.12. The number of alkyl halides is 3. The van der Waals surface area contributed by atoms with Gasteiger partial charge in [0.05, 0.1) is 0 Å². The molecule has 1 aromatic heterocycles. The van der Waals surface area contributed by atoms with Gasteiger partial charge in [0.15, 0.2) is 0 Å². The van der Waals surface area contributed by atoms with Crippen LogP contribution in [0.5, 0.6) is 0 Å². The van der Waals surface area contributed by atoms with Crippen molar-refractivity contribution < 1.29 is 21.2 Å². The van der Waals surface area contributed by atoms with E-state index in [1.165, 1.54) is 15.6 Å². The van der Waals surface area contributed by atoms with E-state index in [-0.39, 0.29) is 1.43 Å². The number of benzene rings is 1. The van der Waals surface area contributed by atoms with Crippen LogP contribution in [0.1, 0.15) is 38.1 Å². The molecule has 118 valence electrons. The first-order valence-corrected chi connectivity index (χ1v) is 12.0. The molecule has 1 saturated heterocycles. The molecule has 0 amide bonds. The number of rotatable bonds is 4. The van der Waals surface area contributed by atoms with Gasteiger partial charge in [-0.3, -0.25) is 0 Å². The van der Waals surface area contributed by atoms with Crippen LogP contribution in [0.25, 0.3) is 17.5 Å². The minimum absolute atomic E-state index is 0.0183. The summed E-state index contributed by atoms with van der Waals surface area (Å²) in [5, 5.41) is 0. The Bertz CT molecular complexity index is 700. The number of aromatic nitrogens is 2. The normalized spacial score (nSPS) is 16.9. The van der Waals surface area contributed by atoms with Gasteiger partial charge >= 0.3 is 171 Å². The standard InChI is InChI=1S/C17H18I3N2/c1-11(2)22-10-15(17(3,18)19)21-16(22)13-6-4-12(5-7-13)8-14-9-20-14/h4-8,10-11H,9H2,1-3H3/q-1/b14-8+. The second kappa shape index (κ2) is 6.70. The molecule has 1 fully saturated rings. The van der Waals surface area contributed by atoms with E-state index in [1.807, 2.05) is 0 Å². The molecule has 1 aliphatic rings. The van der Waals surface area contributed by atoms with Crippen LogP contribution in [0.15, 0.2) is 34.0 Å². The third kappa shape index (κ3) is 4.06. The molecule has 0 aliphatic carbocycles. The predicted octanol–water partition coefficient (Wildman–Crippen LogP) is 2.62. The summed E-state index contributed by atoms with van der Waals surface area (Å²) in [6, 6.07) is 9.25. The SMILES string of the molecule is CC(C)n1cc(C(C)(I)I)nc1-c1ccc(/C=C2\C[I-]2)cc1. The predicted molar refractivity (Wildman–Crippen MR) is 106 cm³/mol. The summed E-state index contributed by atoms with van der Waals surface area (Å²) in [6.45, 7) is 6.61. The van der Waals surface area contributed by atoms with E-state index in [2.05, 4.69) is 107 Å². The van der Waals surface area contributed by atoms with Gasteiger partial charge in [0, 0.05) is 0 Å². The van der Waals surface area contributed by atoms with Crippen LogP contribution in [-0.2, 0) is 1.43 Å². The second-order valence-corrected chi connectivity index (χ2v) is 15.1. The Morgan fingerprint density at radius 3 is 2.41 bits per heavy atom. The van der Waals surface area contributed by atoms with Crippen molar-refractivity contribution in [3.05, 3.63) is 45.3 Å². The Hall–Kier alpha value is 0.360. The van der Waals surface area contributed by atoms with Crippen LogP contribution in [0, 0.1) is 0 Å². The number of imidazole rings is 1. The zero-order chi connectivity index (χ0) is 15.9. The van der Waals surface area contributed by atoms with E-state index in [0.717, 1.165) is 11.5 Å². The van der Waals surface area contributed by atoms with E-state index in [0.29, 0.717) is 27.2 Å². The summed E-state index contributed by atoms with van der Waals surface area (Å²) in [5.74, 6) is 1.07. The van der Waals surface area contributed by atoms with Crippen molar-refractivity contribution in [1.29, 1.82) is 0 Å². The monoisotopic (exact) mass is 631 g/mol. The summed E-state index contributed by atoms with van der Waals surface area (Å²) >= 11 is 5.31. The van der Waals surface area contributed by atoms with Gasteiger partial charge in [0.1, 0.15) is 0 Å². The van der Waals surface area contributed by atoms with Crippen LogP contribution in [0.2, 0.25) is 0 Å². The molecule has 2 aromatic rings. The molecular weight excluding hydrogens is 613 g/mol. The van der Waals surface area contributed by atoms with Crippen LogP contribution in [-0.4, -0.2) is 14.0 Å². The van der Waals surface area contributed by atoms with Crippen LogP contribution in [0.3, 0.4) is 0 Å². The first-order valence-electron chi connectivity index (χ1n) is 7.22. The molecule has 0 saturated carbocycles. The molecule has 0 bridgehead atoms. The number of nitrogens with zero attached hydrogens (tertiary/aromatic N) is 2. The van der Waals surface area contributed by atoms with Gasteiger partial charge in [-0.05, 0) is 0 Å². The Kier molecular flexibility index (Phi) is 5.23. The maximum absolute atomic E-state index is 4.91. The molecule has 1 aromatic carbocycles. The van der Waals surface area contributed by atoms with Gasteiger partial charge in [-0.2, -0.15) is 0 Å². The molecule has 0 N–H and O–H groups in total. The van der Waals surface area contributed by atoms with Crippen LogP contribution < -0.4 is 21.2 Å². The van der Waals surface area contributed by atoms with Gasteiger partial charge < -0.3 is 0 Å². The van der Waals surface area contributed by atoms with Crippen molar-refractivity contribution >= 4 is 51.3 Å². The third-order valence-electron chi connectivity index (χ3n) is 3.52. The van der Waals surface area contributed by atoms with Crippen molar-refractivity contribution in [3.63, 3.8) is 0 Å². The fraction of sp³-hybridized carbons (Fsp3) is 0.353. The van der Waals surface area contributed by atoms with Gasteiger partial charge in [-0.1, -0.05) is 0 Å². The molecular formula is C17H18I3N2-. The second-order valence-electron chi connectivity index (χ2n) is 5.82. The molecule has 0 spiro atoms. The molecule has 2 heterocycles. The first kappa shape index (κ1) is 17.2. The van der Waals surface area contributed by atoms with Gasteiger partial charge in [0.25, 0.3) is 0 Å². The summed E-state index contributed by atoms with van der Waals surface area (Å²) in [5.41, 5.74) is 3.66. The van der Waals surface area contributed by atoms with Crippen molar-refractivity contribution in [3.8, 4) is 11.4 Å². The topological polar surface area (TPSA) is 17.8 Å². The quantitative estimate of drug-likeness (QED) is 0.376. The summed E-state index contributed by atoms with van der Waals surface area (Å²) in [7, 11) is 0. The maximum atomic E-state index is 4.91. The summed E-state index contributed by atoms with van der Waals surface area (Å²) < 4.78 is 5.35. The van der Waals surface area contributed by atoms with Gasteiger partial charge in [-0.15, -0.1) is 0 Å². The first-order chi connectivity index (χ1) is 10.3. The van der Waals surface area contributed by atoms with Crippen molar-refractivity contribution in [2.75, 3.05) is 4.43 Å². The number of allylic oxidation sites excluding steroid dienone is 1. The Morgan fingerprint density at radius 1 is 1.27 bits per heavy atom. The zero-order valence-electron chi connectivity index (χ0n) is 12.8. The number of halogens is 3. The van der Waals surface area contributed by atoms with Crippen LogP contribution >= 0.6 is 45.2 Å². The Balaban J connectivity index is 1.99. The Labute approximate surface area is 169 Å². The van der Waals surface area contributed by atoms with Crippen molar-refractivity contribution in [2.24, 2.45) is 0 Å². The minimum atomic E-state index is 0.0183. The summed E-state index contributed by atoms with van der Waals surface area (Å²) in [6.07, 6.45) is 4.55. The van der Waals surface area contributed by atoms with E-state index in [9.17, 15) is 0 Å². The van der Waals surface area contributed by atoms with Gasteiger partial charge in [0.2, 0.25) is 0 Å². The molecule has 0 unspecified atom stereocenters. The number of hydrogen-bond acceptors (Lipinski definition) is 1. The molecule has 0 radical (unpaired) electrons. The molecule has 2 nitrogen and oxygen atoms in total. The summed E-state index contributed by atoms with van der Waals surface area (Å²) in [4.78, 5) is 4.91. The Morgan fingerprint density at radius 2 is 1.91 bits per heavy atom. The fourth-order valence-corrected chi connectivity index (χ4v) is 3.78. The van der Waals surface area contributed by atoms with Crippen molar-refractivity contribution in [1.82, 2.24) is 9.55 Å². The third-order valence-corrected chi connectivity index (χ3v) is 6.58. The van der Waals surface area contributed by atoms with E-state index in [4.69, 9.17) is 4.98 Å². The van der Waals surface area contributed by atoms with Gasteiger partial charge in [-0.25, -0.2) is 0 Å². The van der Waals surface area contributed by atoms with E-state index in [1.54, 1.807) is 3.58 Å². The molecule has 22 heavy (non-hydrogen) atoms. The number of hydrogen-bond donors (Lipinski definition) is 0.